The molecule has 2 aliphatic rings. The van der Waals surface area contributed by atoms with Crippen LogP contribution in [0, 0.1) is 24.5 Å². The molecule has 132 valence electrons. The number of hydrogen-bond donors (Lipinski definition) is 0. The first-order valence-corrected chi connectivity index (χ1v) is 9.38. The maximum absolute atomic E-state index is 14.7. The van der Waals surface area contributed by atoms with Gasteiger partial charge in [0.25, 0.3) is 0 Å². The van der Waals surface area contributed by atoms with Crippen molar-refractivity contribution >= 4 is 0 Å². The summed E-state index contributed by atoms with van der Waals surface area (Å²) in [6.07, 6.45) is 7.70. The van der Waals surface area contributed by atoms with E-state index in [-0.39, 0.29) is 11.9 Å². The smallest absolute Gasteiger partial charge is 0.201 e. The Morgan fingerprint density at radius 2 is 1.64 bits per heavy atom. The van der Waals surface area contributed by atoms with Crippen LogP contribution in [0.15, 0.2) is 30.3 Å². The number of benzene rings is 2. The van der Waals surface area contributed by atoms with E-state index in [1.165, 1.54) is 19.3 Å². The van der Waals surface area contributed by atoms with E-state index in [2.05, 4.69) is 0 Å². The lowest BCUT2D eigenvalue weighted by atomic mass is 9.82. The van der Waals surface area contributed by atoms with Gasteiger partial charge in [0.15, 0.2) is 11.6 Å². The Hall–Kier alpha value is -1.90. The Morgan fingerprint density at radius 3 is 2.36 bits per heavy atom. The molecule has 0 aromatic heterocycles. The summed E-state index contributed by atoms with van der Waals surface area (Å²) < 4.78 is 35.4. The minimum atomic E-state index is -0.825. The van der Waals surface area contributed by atoms with E-state index in [1.807, 2.05) is 31.2 Å². The molecule has 2 aromatic carbocycles. The SMILES string of the molecule is Cc1ccc(-c2cc3c(c(F)c2F)OC(C2CCCCC2)CC3)cc1. The molecule has 0 amide bonds. The standard InChI is InChI=1S/C22H24F2O/c1-14-7-9-15(10-8-14)18-13-17-11-12-19(16-5-3-2-4-6-16)25-22(17)21(24)20(18)23/h7-10,13,16,19H,2-6,11-12H2,1H3. The summed E-state index contributed by atoms with van der Waals surface area (Å²) in [4.78, 5) is 0. The van der Waals surface area contributed by atoms with Crippen LogP contribution in [0.1, 0.15) is 49.7 Å². The molecule has 0 saturated heterocycles. The number of halogens is 2. The lowest BCUT2D eigenvalue weighted by molar-refractivity contribution is 0.0824. The molecule has 1 fully saturated rings. The van der Waals surface area contributed by atoms with Gasteiger partial charge in [-0.2, -0.15) is 4.39 Å². The molecule has 0 bridgehead atoms. The van der Waals surface area contributed by atoms with Gasteiger partial charge in [0.1, 0.15) is 6.10 Å². The second kappa shape index (κ2) is 6.78. The quantitative estimate of drug-likeness (QED) is 0.630. The van der Waals surface area contributed by atoms with Gasteiger partial charge in [-0.3, -0.25) is 0 Å². The van der Waals surface area contributed by atoms with Crippen molar-refractivity contribution in [3.05, 3.63) is 53.1 Å². The van der Waals surface area contributed by atoms with Crippen LogP contribution in [-0.4, -0.2) is 6.10 Å². The third-order valence-corrected chi connectivity index (χ3v) is 5.74. The number of ether oxygens (including phenoxy) is 1. The highest BCUT2D eigenvalue weighted by Crippen LogP contribution is 2.40. The third-order valence-electron chi connectivity index (χ3n) is 5.74. The van der Waals surface area contributed by atoms with E-state index in [1.54, 1.807) is 6.07 Å². The molecule has 2 aromatic rings. The van der Waals surface area contributed by atoms with Gasteiger partial charge in [-0.1, -0.05) is 49.1 Å². The van der Waals surface area contributed by atoms with Crippen molar-refractivity contribution in [3.63, 3.8) is 0 Å². The van der Waals surface area contributed by atoms with Crippen molar-refractivity contribution in [2.45, 2.75) is 58.0 Å². The predicted octanol–water partition coefficient (Wildman–Crippen LogP) is 6.21. The van der Waals surface area contributed by atoms with Crippen LogP contribution in [0.3, 0.4) is 0 Å². The Bertz CT molecular complexity index is 761. The number of aryl methyl sites for hydroxylation is 2. The molecule has 0 spiro atoms. The summed E-state index contributed by atoms with van der Waals surface area (Å²) in [5.74, 6) is -0.989. The summed E-state index contributed by atoms with van der Waals surface area (Å²) >= 11 is 0. The van der Waals surface area contributed by atoms with E-state index >= 15 is 0 Å². The molecule has 1 nitrogen and oxygen atoms in total. The maximum Gasteiger partial charge on any atom is 0.201 e. The molecule has 0 radical (unpaired) electrons. The van der Waals surface area contributed by atoms with E-state index < -0.39 is 11.6 Å². The molecule has 1 atom stereocenters. The zero-order valence-electron chi connectivity index (χ0n) is 14.7. The zero-order valence-corrected chi connectivity index (χ0v) is 14.7. The topological polar surface area (TPSA) is 9.23 Å². The van der Waals surface area contributed by atoms with E-state index in [0.29, 0.717) is 17.0 Å². The van der Waals surface area contributed by atoms with Crippen LogP contribution in [0.4, 0.5) is 8.78 Å². The van der Waals surface area contributed by atoms with Crippen LogP contribution in [0.5, 0.6) is 5.75 Å². The fraction of sp³-hybridized carbons (Fsp3) is 0.455. The van der Waals surface area contributed by atoms with Crippen molar-refractivity contribution in [1.29, 1.82) is 0 Å². The molecule has 4 rings (SSSR count). The van der Waals surface area contributed by atoms with E-state index in [9.17, 15) is 8.78 Å². The van der Waals surface area contributed by atoms with Crippen molar-refractivity contribution in [2.75, 3.05) is 0 Å². The van der Waals surface area contributed by atoms with Crippen LogP contribution < -0.4 is 4.74 Å². The van der Waals surface area contributed by atoms with E-state index in [0.717, 1.165) is 36.8 Å². The Kier molecular flexibility index (Phi) is 4.49. The average Bonchev–Trinajstić information content (AvgIpc) is 2.66. The zero-order chi connectivity index (χ0) is 17.4. The molecular formula is C22H24F2O. The molecule has 1 heterocycles. The molecule has 3 heteroatoms. The van der Waals surface area contributed by atoms with Gasteiger partial charge < -0.3 is 4.74 Å². The van der Waals surface area contributed by atoms with Crippen LogP contribution in [-0.2, 0) is 6.42 Å². The highest BCUT2D eigenvalue weighted by Gasteiger charge is 2.32. The maximum atomic E-state index is 14.7. The number of fused-ring (bicyclic) bond motifs is 1. The summed E-state index contributed by atoms with van der Waals surface area (Å²) in [5.41, 5.74) is 2.93. The molecule has 1 aliphatic heterocycles. The van der Waals surface area contributed by atoms with E-state index in [4.69, 9.17) is 4.74 Å². The highest BCUT2D eigenvalue weighted by atomic mass is 19.2. The highest BCUT2D eigenvalue weighted by molar-refractivity contribution is 5.67. The summed E-state index contributed by atoms with van der Waals surface area (Å²) in [6, 6.07) is 9.29. The average molecular weight is 342 g/mol. The van der Waals surface area contributed by atoms with Crippen molar-refractivity contribution in [1.82, 2.24) is 0 Å². The van der Waals surface area contributed by atoms with Gasteiger partial charge in [0.2, 0.25) is 5.82 Å². The second-order valence-corrected chi connectivity index (χ2v) is 7.50. The van der Waals surface area contributed by atoms with Gasteiger partial charge in [-0.05, 0) is 55.7 Å². The second-order valence-electron chi connectivity index (χ2n) is 7.50. The summed E-state index contributed by atoms with van der Waals surface area (Å²) in [7, 11) is 0. The molecule has 0 N–H and O–H groups in total. The minimum Gasteiger partial charge on any atom is -0.487 e. The fourth-order valence-corrected chi connectivity index (χ4v) is 4.26. The largest absolute Gasteiger partial charge is 0.487 e. The first-order chi connectivity index (χ1) is 12.1. The van der Waals surface area contributed by atoms with Gasteiger partial charge >= 0.3 is 0 Å². The third kappa shape index (κ3) is 3.17. The number of hydrogen-bond acceptors (Lipinski definition) is 1. The summed E-state index contributed by atoms with van der Waals surface area (Å²) in [6.45, 7) is 1.98. The van der Waals surface area contributed by atoms with Gasteiger partial charge in [0, 0.05) is 5.56 Å². The van der Waals surface area contributed by atoms with Crippen molar-refractivity contribution in [2.24, 2.45) is 5.92 Å². The van der Waals surface area contributed by atoms with Gasteiger partial charge in [-0.25, -0.2) is 4.39 Å². The molecule has 25 heavy (non-hydrogen) atoms. The fourth-order valence-electron chi connectivity index (χ4n) is 4.26. The predicted molar refractivity (Wildman–Crippen MR) is 95.8 cm³/mol. The van der Waals surface area contributed by atoms with Gasteiger partial charge in [0.05, 0.1) is 0 Å². The van der Waals surface area contributed by atoms with Gasteiger partial charge in [-0.15, -0.1) is 0 Å². The lowest BCUT2D eigenvalue weighted by Gasteiger charge is -2.34. The number of rotatable bonds is 2. The summed E-state index contributed by atoms with van der Waals surface area (Å²) in [5, 5.41) is 0. The Labute approximate surface area is 148 Å². The molecular weight excluding hydrogens is 318 g/mol. The monoisotopic (exact) mass is 342 g/mol. The first-order valence-electron chi connectivity index (χ1n) is 9.38. The lowest BCUT2D eigenvalue weighted by Crippen LogP contribution is -2.32. The normalized spacial score (nSPS) is 20.8. The van der Waals surface area contributed by atoms with Crippen molar-refractivity contribution in [3.8, 4) is 16.9 Å². The molecule has 1 saturated carbocycles. The Balaban J connectivity index is 1.66. The minimum absolute atomic E-state index is 0.0342. The van der Waals surface area contributed by atoms with Crippen LogP contribution >= 0.6 is 0 Å². The first kappa shape index (κ1) is 16.6. The van der Waals surface area contributed by atoms with Crippen LogP contribution in [0.25, 0.3) is 11.1 Å². The molecule has 1 aliphatic carbocycles. The van der Waals surface area contributed by atoms with Crippen molar-refractivity contribution < 1.29 is 13.5 Å². The van der Waals surface area contributed by atoms with Crippen LogP contribution in [0.2, 0.25) is 0 Å². The molecule has 1 unspecified atom stereocenters. The Morgan fingerprint density at radius 1 is 0.920 bits per heavy atom.